The maximum absolute atomic E-state index is 11.4. The summed E-state index contributed by atoms with van der Waals surface area (Å²) in [7, 11) is -0.234. The smallest absolute Gasteiger partial charge is 0.302 e. The maximum atomic E-state index is 11.4. The van der Waals surface area contributed by atoms with E-state index in [-0.39, 0.29) is 40.8 Å². The Kier molecular flexibility index (Phi) is 10.0. The highest BCUT2D eigenvalue weighted by Crippen LogP contribution is 2.57. The maximum Gasteiger partial charge on any atom is 0.302 e. The summed E-state index contributed by atoms with van der Waals surface area (Å²) in [6.07, 6.45) is 2.58. The van der Waals surface area contributed by atoms with Crippen LogP contribution >= 0.6 is 0 Å². The van der Waals surface area contributed by atoms with Gasteiger partial charge in [-0.25, -0.2) is 0 Å². The molecule has 1 aromatic carbocycles. The Bertz CT molecular complexity index is 814. The molecule has 1 aliphatic carbocycles. The van der Waals surface area contributed by atoms with Crippen LogP contribution in [0.3, 0.4) is 0 Å². The molecule has 0 radical (unpaired) electrons. The number of hydrogen-bond acceptors (Lipinski definition) is 6. The van der Waals surface area contributed by atoms with E-state index < -0.39 is 8.32 Å². The summed E-state index contributed by atoms with van der Waals surface area (Å²) in [5.41, 5.74) is 0.904. The van der Waals surface area contributed by atoms with Gasteiger partial charge in [0.15, 0.2) is 8.32 Å². The first-order valence-electron chi connectivity index (χ1n) is 12.7. The third kappa shape index (κ3) is 7.78. The highest BCUT2D eigenvalue weighted by Gasteiger charge is 2.56. The summed E-state index contributed by atoms with van der Waals surface area (Å²) in [6, 6.07) is 7.82. The summed E-state index contributed by atoms with van der Waals surface area (Å²) in [4.78, 5) is 11.4. The summed E-state index contributed by atoms with van der Waals surface area (Å²) in [6.45, 7) is 20.8. The number of hydrogen-bond donors (Lipinski definition) is 0. The van der Waals surface area contributed by atoms with Crippen molar-refractivity contribution in [2.24, 2.45) is 10.8 Å². The molecule has 1 aliphatic rings. The summed E-state index contributed by atoms with van der Waals surface area (Å²) in [5, 5.41) is 0.163. The van der Waals surface area contributed by atoms with Crippen LogP contribution in [-0.4, -0.2) is 47.0 Å². The van der Waals surface area contributed by atoms with Crippen molar-refractivity contribution in [3.05, 3.63) is 29.8 Å². The van der Waals surface area contributed by atoms with Gasteiger partial charge in [-0.05, 0) is 54.1 Å². The van der Waals surface area contributed by atoms with Crippen molar-refractivity contribution in [2.45, 2.75) is 105 Å². The molecule has 0 N–H and O–H groups in total. The molecule has 7 heteroatoms. The van der Waals surface area contributed by atoms with Crippen molar-refractivity contribution in [1.82, 2.24) is 0 Å². The minimum Gasteiger partial charge on any atom is -0.497 e. The van der Waals surface area contributed by atoms with E-state index in [0.29, 0.717) is 19.6 Å². The van der Waals surface area contributed by atoms with Crippen molar-refractivity contribution in [1.29, 1.82) is 0 Å². The second-order valence-corrected chi connectivity index (χ2v) is 17.1. The first kappa shape index (κ1) is 29.8. The quantitative estimate of drug-likeness (QED) is 0.135. The third-order valence-corrected chi connectivity index (χ3v) is 12.9. The van der Waals surface area contributed by atoms with Gasteiger partial charge in [-0.2, -0.15) is 0 Å². The molecule has 0 saturated heterocycles. The topological polar surface area (TPSA) is 63.2 Å². The van der Waals surface area contributed by atoms with Crippen molar-refractivity contribution in [2.75, 3.05) is 20.5 Å². The molecule has 35 heavy (non-hydrogen) atoms. The van der Waals surface area contributed by atoms with E-state index in [2.05, 4.69) is 54.6 Å². The molecule has 0 bridgehead atoms. The van der Waals surface area contributed by atoms with Crippen LogP contribution in [0.1, 0.15) is 73.3 Å². The van der Waals surface area contributed by atoms with E-state index in [1.165, 1.54) is 6.92 Å². The molecule has 6 nitrogen and oxygen atoms in total. The fourth-order valence-electron chi connectivity index (χ4n) is 4.77. The molecule has 0 aliphatic heterocycles. The lowest BCUT2D eigenvalue weighted by molar-refractivity contribution is -0.162. The zero-order valence-electron chi connectivity index (χ0n) is 23.7. The van der Waals surface area contributed by atoms with Crippen molar-refractivity contribution >= 4 is 14.3 Å². The van der Waals surface area contributed by atoms with E-state index >= 15 is 0 Å². The van der Waals surface area contributed by atoms with Gasteiger partial charge in [-0.1, -0.05) is 53.7 Å². The lowest BCUT2D eigenvalue weighted by Crippen LogP contribution is -2.44. The van der Waals surface area contributed by atoms with Crippen LogP contribution in [0.15, 0.2) is 24.3 Å². The number of ether oxygens (including phenoxy) is 4. The Morgan fingerprint density at radius 1 is 1.11 bits per heavy atom. The molecule has 0 heterocycles. The van der Waals surface area contributed by atoms with Crippen LogP contribution in [0.4, 0.5) is 0 Å². The van der Waals surface area contributed by atoms with Gasteiger partial charge in [0.05, 0.1) is 26.4 Å². The molecule has 0 unspecified atom stereocenters. The molecule has 1 aromatic rings. The summed E-state index contributed by atoms with van der Waals surface area (Å²) >= 11 is 0. The molecule has 200 valence electrons. The first-order valence-corrected chi connectivity index (χ1v) is 15.7. The van der Waals surface area contributed by atoms with Crippen molar-refractivity contribution < 1.29 is 28.2 Å². The van der Waals surface area contributed by atoms with Gasteiger partial charge < -0.3 is 23.4 Å². The number of rotatable bonds is 12. The van der Waals surface area contributed by atoms with Gasteiger partial charge >= 0.3 is 5.97 Å². The zero-order chi connectivity index (χ0) is 26.5. The normalized spacial score (nSPS) is 23.2. The Morgan fingerprint density at radius 3 is 2.29 bits per heavy atom. The molecular formula is C28H48O6Si. The Hall–Kier alpha value is -1.41. The second-order valence-electron chi connectivity index (χ2n) is 12.3. The van der Waals surface area contributed by atoms with Gasteiger partial charge in [0.25, 0.3) is 0 Å². The van der Waals surface area contributed by atoms with E-state index in [1.807, 2.05) is 24.3 Å². The van der Waals surface area contributed by atoms with Crippen LogP contribution in [0, 0.1) is 10.8 Å². The van der Waals surface area contributed by atoms with Gasteiger partial charge in [0, 0.05) is 24.9 Å². The standard InChI is InChI=1S/C28H48O6Si/c1-21(29)32-16-15-25(33-20-31-19-22-11-13-23(30-8)14-12-22)28(7)18-24(17-27(28,5)6)34-35(9,10)26(2,3)4/h11-14,24-25H,15-20H2,1-10H3/t24-,25-,28-/m0/s1. The molecule has 1 fully saturated rings. The number of esters is 1. The number of benzene rings is 1. The Balaban J connectivity index is 2.08. The van der Waals surface area contributed by atoms with E-state index in [1.54, 1.807) is 7.11 Å². The average Bonchev–Trinajstić information content (AvgIpc) is 2.96. The van der Waals surface area contributed by atoms with Crippen molar-refractivity contribution in [3.8, 4) is 5.75 Å². The van der Waals surface area contributed by atoms with Crippen molar-refractivity contribution in [3.63, 3.8) is 0 Å². The number of carbonyl (C=O) groups is 1. The zero-order valence-corrected chi connectivity index (χ0v) is 24.7. The lowest BCUT2D eigenvalue weighted by Gasteiger charge is -2.44. The highest BCUT2D eigenvalue weighted by molar-refractivity contribution is 6.74. The average molecular weight is 509 g/mol. The number of methoxy groups -OCH3 is 1. The molecule has 2 rings (SSSR count). The van der Waals surface area contributed by atoms with E-state index in [0.717, 1.165) is 24.2 Å². The Morgan fingerprint density at radius 2 is 1.74 bits per heavy atom. The monoisotopic (exact) mass is 508 g/mol. The highest BCUT2D eigenvalue weighted by atomic mass is 28.4. The SMILES string of the molecule is COc1ccc(COCO[C@@H](CCOC(C)=O)[C@]2(C)C[C@@H](O[Si](C)(C)C(C)(C)C)CC2(C)C)cc1. The van der Waals surface area contributed by atoms with E-state index in [9.17, 15) is 4.79 Å². The number of carbonyl (C=O) groups excluding carboxylic acids is 1. The van der Waals surface area contributed by atoms with Gasteiger partial charge in [0.2, 0.25) is 0 Å². The molecule has 1 saturated carbocycles. The molecule has 0 aromatic heterocycles. The fourth-order valence-corrected chi connectivity index (χ4v) is 6.13. The van der Waals surface area contributed by atoms with Gasteiger partial charge in [-0.15, -0.1) is 0 Å². The van der Waals surface area contributed by atoms with Crippen LogP contribution < -0.4 is 4.74 Å². The first-order chi connectivity index (χ1) is 16.1. The predicted octanol–water partition coefficient (Wildman–Crippen LogP) is 6.72. The van der Waals surface area contributed by atoms with Gasteiger partial charge in [0.1, 0.15) is 12.5 Å². The van der Waals surface area contributed by atoms with Crippen LogP contribution in [0.5, 0.6) is 5.75 Å². The Labute approximate surface area is 214 Å². The third-order valence-electron chi connectivity index (χ3n) is 8.38. The van der Waals surface area contributed by atoms with Crippen LogP contribution in [0.2, 0.25) is 18.1 Å². The molecule has 0 spiro atoms. The minimum atomic E-state index is -1.89. The van der Waals surface area contributed by atoms with Crippen LogP contribution in [0.25, 0.3) is 0 Å². The minimum absolute atomic E-state index is 0.00307. The van der Waals surface area contributed by atoms with Crippen LogP contribution in [-0.2, 0) is 30.0 Å². The molecular weight excluding hydrogens is 460 g/mol. The predicted molar refractivity (Wildman–Crippen MR) is 142 cm³/mol. The summed E-state index contributed by atoms with van der Waals surface area (Å²) in [5.74, 6) is 0.552. The second kappa shape index (κ2) is 11.8. The largest absolute Gasteiger partial charge is 0.497 e. The molecule has 0 amide bonds. The van der Waals surface area contributed by atoms with E-state index in [4.69, 9.17) is 23.4 Å². The van der Waals surface area contributed by atoms with Gasteiger partial charge in [-0.3, -0.25) is 4.79 Å². The fraction of sp³-hybridized carbons (Fsp3) is 0.750. The molecule has 3 atom stereocenters. The summed E-state index contributed by atoms with van der Waals surface area (Å²) < 4.78 is 29.6. The lowest BCUT2D eigenvalue weighted by atomic mass is 9.65.